The molecule has 1 aromatic heterocycles. The Morgan fingerprint density at radius 3 is 2.57 bits per heavy atom. The molecular weight excluding hydrogens is 268 g/mol. The fourth-order valence-electron chi connectivity index (χ4n) is 2.01. The minimum absolute atomic E-state index is 0.000628. The largest absolute Gasteiger partial charge is 0.491 e. The first-order valence-electron chi connectivity index (χ1n) is 6.63. The highest BCUT2D eigenvalue weighted by Crippen LogP contribution is 2.04. The van der Waals surface area contributed by atoms with Crippen LogP contribution < -0.4 is 10.3 Å². The molecular formula is C16H18N2O3. The Bertz CT molecular complexity index is 665. The van der Waals surface area contributed by atoms with Gasteiger partial charge in [0.05, 0.1) is 7.11 Å². The van der Waals surface area contributed by atoms with Crippen LogP contribution in [0.3, 0.4) is 0 Å². The molecule has 2 aromatic rings. The summed E-state index contributed by atoms with van der Waals surface area (Å²) in [4.78, 5) is 25.8. The highest BCUT2D eigenvalue weighted by Gasteiger charge is 2.12. The summed E-state index contributed by atoms with van der Waals surface area (Å²) >= 11 is 0. The van der Waals surface area contributed by atoms with Gasteiger partial charge in [-0.15, -0.1) is 0 Å². The summed E-state index contributed by atoms with van der Waals surface area (Å²) in [6.07, 6.45) is 1.58. The molecule has 21 heavy (non-hydrogen) atoms. The third kappa shape index (κ3) is 3.72. The average molecular weight is 286 g/mol. The Hall–Kier alpha value is -2.56. The van der Waals surface area contributed by atoms with E-state index in [1.807, 2.05) is 30.3 Å². The van der Waals surface area contributed by atoms with E-state index in [1.54, 1.807) is 30.3 Å². The molecule has 0 bridgehead atoms. The minimum atomic E-state index is -0.304. The van der Waals surface area contributed by atoms with Crippen LogP contribution in [0.4, 0.5) is 0 Å². The zero-order chi connectivity index (χ0) is 15.2. The number of ether oxygens (including phenoxy) is 1. The van der Waals surface area contributed by atoms with Crippen LogP contribution in [0.5, 0.6) is 5.75 Å². The second-order valence-electron chi connectivity index (χ2n) is 4.75. The van der Waals surface area contributed by atoms with Gasteiger partial charge in [-0.1, -0.05) is 30.3 Å². The molecule has 0 spiro atoms. The Morgan fingerprint density at radius 2 is 1.90 bits per heavy atom. The van der Waals surface area contributed by atoms with Crippen molar-refractivity contribution in [3.05, 3.63) is 64.6 Å². The molecule has 0 N–H and O–H groups in total. The maximum absolute atomic E-state index is 12.2. The van der Waals surface area contributed by atoms with E-state index in [0.717, 1.165) is 5.56 Å². The van der Waals surface area contributed by atoms with Crippen molar-refractivity contribution in [1.29, 1.82) is 0 Å². The molecule has 0 atom stereocenters. The normalized spacial score (nSPS) is 10.2. The number of pyridine rings is 1. The molecule has 0 fully saturated rings. The lowest BCUT2D eigenvalue weighted by atomic mass is 10.2. The minimum Gasteiger partial charge on any atom is -0.491 e. The van der Waals surface area contributed by atoms with E-state index in [2.05, 4.69) is 0 Å². The lowest BCUT2D eigenvalue weighted by Crippen LogP contribution is -2.33. The van der Waals surface area contributed by atoms with Gasteiger partial charge in [0.15, 0.2) is 5.75 Å². The first-order valence-corrected chi connectivity index (χ1v) is 6.63. The first kappa shape index (κ1) is 14.8. The molecule has 0 saturated carbocycles. The number of amides is 1. The van der Waals surface area contributed by atoms with Crippen LogP contribution in [0.1, 0.15) is 5.56 Å². The fraction of sp³-hybridized carbons (Fsp3) is 0.250. The van der Waals surface area contributed by atoms with Crippen LogP contribution >= 0.6 is 0 Å². The van der Waals surface area contributed by atoms with Gasteiger partial charge < -0.3 is 14.2 Å². The number of nitrogens with zero attached hydrogens (tertiary/aromatic N) is 2. The third-order valence-corrected chi connectivity index (χ3v) is 3.20. The van der Waals surface area contributed by atoms with Crippen LogP contribution in [0.25, 0.3) is 0 Å². The van der Waals surface area contributed by atoms with Crippen LogP contribution in [0, 0.1) is 0 Å². The predicted octanol–water partition coefficient (Wildman–Crippen LogP) is 1.52. The molecule has 1 amide bonds. The van der Waals surface area contributed by atoms with E-state index >= 15 is 0 Å². The number of likely N-dealkylation sites (N-methyl/N-ethyl adjacent to an activating group) is 1. The lowest BCUT2D eigenvalue weighted by molar-refractivity contribution is -0.131. The van der Waals surface area contributed by atoms with E-state index in [9.17, 15) is 9.59 Å². The topological polar surface area (TPSA) is 51.5 Å². The number of hydrogen-bond donors (Lipinski definition) is 0. The van der Waals surface area contributed by atoms with Gasteiger partial charge in [-0.3, -0.25) is 9.59 Å². The Kier molecular flexibility index (Phi) is 4.77. The molecule has 0 saturated heterocycles. The molecule has 5 heteroatoms. The average Bonchev–Trinajstić information content (AvgIpc) is 2.50. The van der Waals surface area contributed by atoms with Crippen LogP contribution in [0.2, 0.25) is 0 Å². The van der Waals surface area contributed by atoms with E-state index in [4.69, 9.17) is 4.74 Å². The summed E-state index contributed by atoms with van der Waals surface area (Å²) in [7, 11) is 3.16. The molecule has 0 radical (unpaired) electrons. The van der Waals surface area contributed by atoms with Gasteiger partial charge in [0, 0.05) is 19.8 Å². The van der Waals surface area contributed by atoms with Crippen LogP contribution in [-0.4, -0.2) is 29.5 Å². The van der Waals surface area contributed by atoms with Gasteiger partial charge in [0.2, 0.25) is 5.91 Å². The van der Waals surface area contributed by atoms with Crippen molar-refractivity contribution in [1.82, 2.24) is 9.47 Å². The van der Waals surface area contributed by atoms with Gasteiger partial charge in [-0.2, -0.15) is 0 Å². The van der Waals surface area contributed by atoms with E-state index in [1.165, 1.54) is 11.7 Å². The monoisotopic (exact) mass is 286 g/mol. The molecule has 5 nitrogen and oxygen atoms in total. The quantitative estimate of drug-likeness (QED) is 0.837. The van der Waals surface area contributed by atoms with Crippen LogP contribution in [0.15, 0.2) is 53.5 Å². The van der Waals surface area contributed by atoms with Gasteiger partial charge in [-0.05, 0) is 17.7 Å². The summed E-state index contributed by atoms with van der Waals surface area (Å²) in [5, 5.41) is 0. The lowest BCUT2D eigenvalue weighted by Gasteiger charge is -2.18. The van der Waals surface area contributed by atoms with Crippen molar-refractivity contribution >= 4 is 5.91 Å². The molecule has 1 heterocycles. The maximum Gasteiger partial charge on any atom is 0.293 e. The SMILES string of the molecule is COc1cccn(CC(=O)N(C)Cc2ccccc2)c1=O. The van der Waals surface area contributed by atoms with Crippen molar-refractivity contribution in [3.8, 4) is 5.75 Å². The van der Waals surface area contributed by atoms with Crippen molar-refractivity contribution < 1.29 is 9.53 Å². The fourth-order valence-corrected chi connectivity index (χ4v) is 2.01. The zero-order valence-corrected chi connectivity index (χ0v) is 12.2. The van der Waals surface area contributed by atoms with Gasteiger partial charge >= 0.3 is 0 Å². The second-order valence-corrected chi connectivity index (χ2v) is 4.75. The number of carbonyl (C=O) groups excluding carboxylic acids is 1. The van der Waals surface area contributed by atoms with Crippen molar-refractivity contribution in [2.24, 2.45) is 0 Å². The Balaban J connectivity index is 2.06. The van der Waals surface area contributed by atoms with Crippen molar-refractivity contribution in [2.75, 3.05) is 14.2 Å². The summed E-state index contributed by atoms with van der Waals surface area (Å²) in [6.45, 7) is 0.512. The third-order valence-electron chi connectivity index (χ3n) is 3.20. The van der Waals surface area contributed by atoms with E-state index in [-0.39, 0.29) is 23.8 Å². The van der Waals surface area contributed by atoms with Gasteiger partial charge in [0.25, 0.3) is 5.56 Å². The Morgan fingerprint density at radius 1 is 1.19 bits per heavy atom. The maximum atomic E-state index is 12.2. The number of rotatable bonds is 5. The number of methoxy groups -OCH3 is 1. The smallest absolute Gasteiger partial charge is 0.293 e. The van der Waals surface area contributed by atoms with Gasteiger partial charge in [-0.25, -0.2) is 0 Å². The predicted molar refractivity (Wildman–Crippen MR) is 80.2 cm³/mol. The molecule has 0 aliphatic rings. The van der Waals surface area contributed by atoms with Gasteiger partial charge in [0.1, 0.15) is 6.54 Å². The summed E-state index contributed by atoms with van der Waals surface area (Å²) < 4.78 is 6.31. The summed E-state index contributed by atoms with van der Waals surface area (Å²) in [6, 6.07) is 13.0. The summed E-state index contributed by atoms with van der Waals surface area (Å²) in [5.41, 5.74) is 0.743. The number of hydrogen-bond acceptors (Lipinski definition) is 3. The van der Waals surface area contributed by atoms with E-state index < -0.39 is 0 Å². The number of benzene rings is 1. The summed E-state index contributed by atoms with van der Waals surface area (Å²) in [5.74, 6) is 0.102. The second kappa shape index (κ2) is 6.74. The first-order chi connectivity index (χ1) is 10.1. The highest BCUT2D eigenvalue weighted by atomic mass is 16.5. The van der Waals surface area contributed by atoms with E-state index in [0.29, 0.717) is 6.54 Å². The van der Waals surface area contributed by atoms with Crippen molar-refractivity contribution in [2.45, 2.75) is 13.1 Å². The highest BCUT2D eigenvalue weighted by molar-refractivity contribution is 5.75. The van der Waals surface area contributed by atoms with Crippen LogP contribution in [-0.2, 0) is 17.9 Å². The molecule has 110 valence electrons. The molecule has 0 unspecified atom stereocenters. The number of carbonyl (C=O) groups is 1. The molecule has 2 rings (SSSR count). The zero-order valence-electron chi connectivity index (χ0n) is 12.2. The van der Waals surface area contributed by atoms with Crippen molar-refractivity contribution in [3.63, 3.8) is 0 Å². The molecule has 0 aliphatic heterocycles. The molecule has 1 aromatic carbocycles. The molecule has 0 aliphatic carbocycles. The Labute approximate surface area is 123 Å². The number of aromatic nitrogens is 1. The standard InChI is InChI=1S/C16H18N2O3/c1-17(11-13-7-4-3-5-8-13)15(19)12-18-10-6-9-14(21-2)16(18)20/h3-10H,11-12H2,1-2H3.